The first-order valence-corrected chi connectivity index (χ1v) is 10.2. The summed E-state index contributed by atoms with van der Waals surface area (Å²) < 4.78 is 0. The van der Waals surface area contributed by atoms with Crippen LogP contribution >= 0.6 is 0 Å². The van der Waals surface area contributed by atoms with Crippen LogP contribution in [0, 0.1) is 0 Å². The number of hydrogen-bond donors (Lipinski definition) is 0. The Morgan fingerprint density at radius 3 is 1.76 bits per heavy atom. The minimum Gasteiger partial charge on any atom is -0.309 e. The van der Waals surface area contributed by atoms with E-state index in [-0.39, 0.29) is 17.0 Å². The van der Waals surface area contributed by atoms with Crippen molar-refractivity contribution in [1.82, 2.24) is 9.80 Å². The molecule has 4 heteroatoms. The van der Waals surface area contributed by atoms with Crippen molar-refractivity contribution in [2.45, 2.75) is 32.1 Å². The fourth-order valence-corrected chi connectivity index (χ4v) is 3.26. The Bertz CT molecular complexity index is 836. The molecule has 0 aliphatic rings. The molecule has 2 aromatic rings. The van der Waals surface area contributed by atoms with E-state index in [1.165, 1.54) is 0 Å². The molecule has 0 unspecified atom stereocenters. The van der Waals surface area contributed by atoms with E-state index in [0.29, 0.717) is 12.8 Å². The maximum atomic E-state index is 12.5. The summed E-state index contributed by atoms with van der Waals surface area (Å²) >= 11 is 0. The van der Waals surface area contributed by atoms with Crippen LogP contribution in [-0.2, 0) is 5.41 Å². The van der Waals surface area contributed by atoms with Gasteiger partial charge in [0.1, 0.15) is 0 Å². The average molecular weight is 395 g/mol. The molecule has 0 amide bonds. The van der Waals surface area contributed by atoms with Crippen molar-refractivity contribution in [3.63, 3.8) is 0 Å². The van der Waals surface area contributed by atoms with E-state index in [1.807, 2.05) is 80.5 Å². The van der Waals surface area contributed by atoms with Crippen molar-refractivity contribution in [2.75, 3.05) is 41.3 Å². The molecule has 0 saturated heterocycles. The fraction of sp³-hybridized carbons (Fsp3) is 0.440. The largest absolute Gasteiger partial charge is 0.309 e. The van der Waals surface area contributed by atoms with Gasteiger partial charge in [-0.15, -0.1) is 0 Å². The van der Waals surface area contributed by atoms with E-state index < -0.39 is 0 Å². The lowest BCUT2D eigenvalue weighted by atomic mass is 9.77. The Hall–Kier alpha value is -2.30. The molecule has 2 aromatic carbocycles. The molecule has 0 bridgehead atoms. The Kier molecular flexibility index (Phi) is 7.88. The molecule has 0 aliphatic carbocycles. The van der Waals surface area contributed by atoms with Gasteiger partial charge in [0.2, 0.25) is 0 Å². The molecule has 0 heterocycles. The van der Waals surface area contributed by atoms with E-state index in [0.717, 1.165) is 35.3 Å². The zero-order valence-electron chi connectivity index (χ0n) is 18.7. The van der Waals surface area contributed by atoms with Crippen LogP contribution in [0.4, 0.5) is 0 Å². The van der Waals surface area contributed by atoms with Crippen LogP contribution in [0.3, 0.4) is 0 Å². The number of benzene rings is 2. The van der Waals surface area contributed by atoms with Crippen LogP contribution in [0.15, 0.2) is 48.5 Å². The van der Waals surface area contributed by atoms with Crippen LogP contribution in [-0.4, -0.2) is 62.6 Å². The van der Waals surface area contributed by atoms with Gasteiger partial charge in [-0.2, -0.15) is 0 Å². The quantitative estimate of drug-likeness (QED) is 0.564. The van der Waals surface area contributed by atoms with Crippen molar-refractivity contribution < 1.29 is 9.59 Å². The Morgan fingerprint density at radius 2 is 1.24 bits per heavy atom. The van der Waals surface area contributed by atoms with Gasteiger partial charge in [0.25, 0.3) is 0 Å². The van der Waals surface area contributed by atoms with E-state index in [9.17, 15) is 9.59 Å². The molecule has 4 nitrogen and oxygen atoms in total. The van der Waals surface area contributed by atoms with E-state index in [1.54, 1.807) is 0 Å². The van der Waals surface area contributed by atoms with Crippen molar-refractivity contribution in [3.05, 3.63) is 70.8 Å². The molecule has 0 aliphatic heterocycles. The van der Waals surface area contributed by atoms with Gasteiger partial charge in [-0.25, -0.2) is 0 Å². The zero-order chi connectivity index (χ0) is 21.6. The highest BCUT2D eigenvalue weighted by Crippen LogP contribution is 2.32. The van der Waals surface area contributed by atoms with Crippen molar-refractivity contribution in [3.8, 4) is 0 Å². The second-order valence-corrected chi connectivity index (χ2v) is 8.74. The molecule has 0 radical (unpaired) electrons. The monoisotopic (exact) mass is 394 g/mol. The van der Waals surface area contributed by atoms with Gasteiger partial charge in [-0.05, 0) is 45.4 Å². The van der Waals surface area contributed by atoms with E-state index in [4.69, 9.17) is 0 Å². The number of Topliss-reactive ketones (excluding diaryl/α,β-unsaturated/α-hetero) is 2. The van der Waals surface area contributed by atoms with Gasteiger partial charge in [0, 0.05) is 42.5 Å². The summed E-state index contributed by atoms with van der Waals surface area (Å²) in [6.07, 6.45) is 1.04. The number of rotatable bonds is 10. The van der Waals surface area contributed by atoms with Gasteiger partial charge in [0.05, 0.1) is 0 Å². The normalized spacial score (nSPS) is 11.9. The fourth-order valence-electron chi connectivity index (χ4n) is 3.26. The first-order valence-electron chi connectivity index (χ1n) is 10.2. The Balaban J connectivity index is 2.18. The molecule has 2 rings (SSSR count). The standard InChI is InChI=1S/C25H34N2O2/c1-25(2,21-12-10-19(11-13-21)23(28)14-16-26(3)4)22-9-7-8-20(18-22)24(29)15-17-27(5)6/h7-13,18H,14-17H2,1-6H3. The molecule has 0 spiro atoms. The van der Waals surface area contributed by atoms with Crippen molar-refractivity contribution in [1.29, 1.82) is 0 Å². The molecule has 29 heavy (non-hydrogen) atoms. The minimum absolute atomic E-state index is 0.163. The summed E-state index contributed by atoms with van der Waals surface area (Å²) in [4.78, 5) is 28.9. The third-order valence-electron chi connectivity index (χ3n) is 5.41. The topological polar surface area (TPSA) is 40.6 Å². The molecular formula is C25H34N2O2. The van der Waals surface area contributed by atoms with Crippen LogP contribution in [0.2, 0.25) is 0 Å². The highest BCUT2D eigenvalue weighted by Gasteiger charge is 2.24. The average Bonchev–Trinajstić information content (AvgIpc) is 2.70. The summed E-state index contributed by atoms with van der Waals surface area (Å²) in [5, 5.41) is 0. The molecular weight excluding hydrogens is 360 g/mol. The second-order valence-electron chi connectivity index (χ2n) is 8.74. The number of hydrogen-bond acceptors (Lipinski definition) is 4. The molecule has 156 valence electrons. The highest BCUT2D eigenvalue weighted by molar-refractivity contribution is 5.97. The van der Waals surface area contributed by atoms with Gasteiger partial charge < -0.3 is 9.80 Å². The SMILES string of the molecule is CN(C)CCC(=O)c1ccc(C(C)(C)c2cccc(C(=O)CCN(C)C)c2)cc1. The summed E-state index contributed by atoms with van der Waals surface area (Å²) in [6.45, 7) is 5.80. The van der Waals surface area contributed by atoms with Gasteiger partial charge >= 0.3 is 0 Å². The molecule has 0 fully saturated rings. The zero-order valence-corrected chi connectivity index (χ0v) is 18.7. The lowest BCUT2D eigenvalue weighted by molar-refractivity contribution is 0.0964. The van der Waals surface area contributed by atoms with E-state index >= 15 is 0 Å². The lowest BCUT2D eigenvalue weighted by Crippen LogP contribution is -2.21. The van der Waals surface area contributed by atoms with Crippen LogP contribution in [0.25, 0.3) is 0 Å². The summed E-state index contributed by atoms with van der Waals surface area (Å²) in [5.41, 5.74) is 3.47. The molecule has 0 atom stereocenters. The summed E-state index contributed by atoms with van der Waals surface area (Å²) in [7, 11) is 7.89. The van der Waals surface area contributed by atoms with Crippen molar-refractivity contribution in [2.24, 2.45) is 0 Å². The van der Waals surface area contributed by atoms with Gasteiger partial charge in [0.15, 0.2) is 11.6 Å². The minimum atomic E-state index is -0.261. The summed E-state index contributed by atoms with van der Waals surface area (Å²) in [6, 6.07) is 15.8. The first-order chi connectivity index (χ1) is 13.6. The highest BCUT2D eigenvalue weighted by atomic mass is 16.1. The third kappa shape index (κ3) is 6.34. The van der Waals surface area contributed by atoms with Crippen LogP contribution in [0.5, 0.6) is 0 Å². The number of nitrogens with zero attached hydrogens (tertiary/aromatic N) is 2. The van der Waals surface area contributed by atoms with E-state index in [2.05, 4.69) is 19.9 Å². The van der Waals surface area contributed by atoms with Crippen LogP contribution in [0.1, 0.15) is 58.5 Å². The van der Waals surface area contributed by atoms with Gasteiger partial charge in [-0.1, -0.05) is 56.3 Å². The van der Waals surface area contributed by atoms with Gasteiger partial charge in [-0.3, -0.25) is 9.59 Å². The molecule has 0 saturated carbocycles. The molecule has 0 aromatic heterocycles. The third-order valence-corrected chi connectivity index (χ3v) is 5.41. The summed E-state index contributed by atoms with van der Waals surface area (Å²) in [5.74, 6) is 0.328. The number of ketones is 2. The Morgan fingerprint density at radius 1 is 0.724 bits per heavy atom. The predicted octanol–water partition coefficient (Wildman–Crippen LogP) is 4.28. The number of carbonyl (C=O) groups is 2. The Labute approximate surface area is 175 Å². The smallest absolute Gasteiger partial charge is 0.164 e. The molecule has 0 N–H and O–H groups in total. The second kappa shape index (κ2) is 9.95. The van der Waals surface area contributed by atoms with Crippen molar-refractivity contribution >= 4 is 11.6 Å². The maximum Gasteiger partial charge on any atom is 0.164 e. The number of carbonyl (C=O) groups excluding carboxylic acids is 2. The maximum absolute atomic E-state index is 12.5. The predicted molar refractivity (Wildman–Crippen MR) is 120 cm³/mol. The first kappa shape index (κ1) is 23.0. The van der Waals surface area contributed by atoms with Crippen LogP contribution < -0.4 is 0 Å². The lowest BCUT2D eigenvalue weighted by Gasteiger charge is -2.27.